The fourth-order valence-electron chi connectivity index (χ4n) is 2.22. The molecule has 0 aliphatic rings. The van der Waals surface area contributed by atoms with Gasteiger partial charge in [-0.1, -0.05) is 13.8 Å². The van der Waals surface area contributed by atoms with Gasteiger partial charge in [0.2, 0.25) is 0 Å². The van der Waals surface area contributed by atoms with Gasteiger partial charge in [0.1, 0.15) is 5.60 Å². The first-order valence-electron chi connectivity index (χ1n) is 9.53. The number of carbonyl (C=O) groups excluding carboxylic acids is 1. The molecule has 0 aromatic carbocycles. The quantitative estimate of drug-likeness (QED) is 0.463. The molecule has 8 heteroatoms. The number of aryl methyl sites for hydroxylation is 1. The van der Waals surface area contributed by atoms with Crippen molar-refractivity contribution in [3.8, 4) is 0 Å². The molecule has 1 atom stereocenters. The highest BCUT2D eigenvalue weighted by Crippen LogP contribution is 2.11. The van der Waals surface area contributed by atoms with Crippen molar-refractivity contribution >= 4 is 23.4 Å². The van der Waals surface area contributed by atoms with E-state index in [-0.39, 0.29) is 12.0 Å². The first kappa shape index (κ1) is 23.2. The number of hydrogen-bond acceptors (Lipinski definition) is 5. The highest BCUT2D eigenvalue weighted by atomic mass is 32.1. The largest absolute Gasteiger partial charge is 0.444 e. The molecule has 1 amide bonds. The number of amides is 1. The molecule has 154 valence electrons. The number of aliphatic imine (C=N–C) groups is 1. The van der Waals surface area contributed by atoms with Gasteiger partial charge in [-0.05, 0) is 40.5 Å². The molecule has 0 bridgehead atoms. The molecule has 0 spiro atoms. The van der Waals surface area contributed by atoms with Crippen molar-refractivity contribution in [2.75, 3.05) is 19.6 Å². The minimum Gasteiger partial charge on any atom is -0.444 e. The van der Waals surface area contributed by atoms with Gasteiger partial charge < -0.3 is 20.7 Å². The molecule has 1 unspecified atom stereocenters. The summed E-state index contributed by atoms with van der Waals surface area (Å²) in [6.45, 7) is 15.8. The molecule has 1 aromatic rings. The molecule has 3 N–H and O–H groups in total. The third-order valence-electron chi connectivity index (χ3n) is 3.60. The van der Waals surface area contributed by atoms with Crippen LogP contribution in [-0.2, 0) is 11.2 Å². The Labute approximate surface area is 167 Å². The maximum atomic E-state index is 12.1. The Morgan fingerprint density at radius 3 is 2.56 bits per heavy atom. The summed E-state index contributed by atoms with van der Waals surface area (Å²) in [4.78, 5) is 22.3. The molecule has 1 heterocycles. The summed E-state index contributed by atoms with van der Waals surface area (Å²) >= 11 is 1.71. The van der Waals surface area contributed by atoms with Crippen LogP contribution < -0.4 is 16.0 Å². The number of guanidine groups is 1. The van der Waals surface area contributed by atoms with Gasteiger partial charge in [0.05, 0.1) is 17.6 Å². The molecular weight excluding hydrogens is 362 g/mol. The van der Waals surface area contributed by atoms with Gasteiger partial charge in [-0.3, -0.25) is 4.99 Å². The number of hydrogen-bond donors (Lipinski definition) is 3. The van der Waals surface area contributed by atoms with Gasteiger partial charge >= 0.3 is 6.09 Å². The lowest BCUT2D eigenvalue weighted by Crippen LogP contribution is -2.45. The standard InChI is InChI=1S/C19H35N5O2S/c1-8-20-17(21-10-9-16-22-11-14(4)27-16)23-12-15(13(2)3)24-18(25)26-19(5,6)7/h11,13,15H,8-10,12H2,1-7H3,(H,24,25)(H2,20,21,23). The first-order chi connectivity index (χ1) is 12.6. The van der Waals surface area contributed by atoms with Crippen molar-refractivity contribution in [1.82, 2.24) is 20.9 Å². The van der Waals surface area contributed by atoms with Gasteiger partial charge in [0, 0.05) is 30.6 Å². The zero-order valence-electron chi connectivity index (χ0n) is 17.7. The summed E-state index contributed by atoms with van der Waals surface area (Å²) in [7, 11) is 0. The van der Waals surface area contributed by atoms with Gasteiger partial charge in [-0.25, -0.2) is 9.78 Å². The molecule has 27 heavy (non-hydrogen) atoms. The number of ether oxygens (including phenoxy) is 1. The average Bonchev–Trinajstić information content (AvgIpc) is 2.94. The van der Waals surface area contributed by atoms with Gasteiger partial charge in [-0.15, -0.1) is 11.3 Å². The van der Waals surface area contributed by atoms with Crippen LogP contribution in [0.2, 0.25) is 0 Å². The zero-order chi connectivity index (χ0) is 20.4. The molecule has 0 saturated carbocycles. The highest BCUT2D eigenvalue weighted by molar-refractivity contribution is 7.11. The van der Waals surface area contributed by atoms with Gasteiger partial charge in [0.15, 0.2) is 5.96 Å². The van der Waals surface area contributed by atoms with Crippen molar-refractivity contribution in [2.45, 2.75) is 66.5 Å². The predicted molar refractivity (Wildman–Crippen MR) is 113 cm³/mol. The molecular formula is C19H35N5O2S. The monoisotopic (exact) mass is 397 g/mol. The van der Waals surface area contributed by atoms with E-state index in [4.69, 9.17) is 4.74 Å². The van der Waals surface area contributed by atoms with E-state index >= 15 is 0 Å². The van der Waals surface area contributed by atoms with Gasteiger partial charge in [0.25, 0.3) is 0 Å². The van der Waals surface area contributed by atoms with Gasteiger partial charge in [-0.2, -0.15) is 0 Å². The van der Waals surface area contributed by atoms with Crippen molar-refractivity contribution in [2.24, 2.45) is 10.9 Å². The highest BCUT2D eigenvalue weighted by Gasteiger charge is 2.21. The van der Waals surface area contributed by atoms with Crippen molar-refractivity contribution in [1.29, 1.82) is 0 Å². The number of carbonyl (C=O) groups is 1. The Kier molecular flexibility index (Phi) is 9.55. The topological polar surface area (TPSA) is 87.6 Å². The zero-order valence-corrected chi connectivity index (χ0v) is 18.5. The van der Waals surface area contributed by atoms with Crippen LogP contribution in [0.5, 0.6) is 0 Å². The fourth-order valence-corrected chi connectivity index (χ4v) is 3.00. The Balaban J connectivity index is 2.58. The van der Waals surface area contributed by atoms with Crippen molar-refractivity contribution < 1.29 is 9.53 Å². The van der Waals surface area contributed by atoms with Crippen LogP contribution in [0, 0.1) is 12.8 Å². The second-order valence-corrected chi connectivity index (χ2v) is 9.08. The molecule has 1 rings (SSSR count). The summed E-state index contributed by atoms with van der Waals surface area (Å²) in [5.41, 5.74) is -0.514. The van der Waals surface area contributed by atoms with Crippen molar-refractivity contribution in [3.63, 3.8) is 0 Å². The number of alkyl carbamates (subject to hydrolysis) is 1. The van der Waals surface area contributed by atoms with Crippen LogP contribution in [0.4, 0.5) is 4.79 Å². The smallest absolute Gasteiger partial charge is 0.407 e. The predicted octanol–water partition coefficient (Wildman–Crippen LogP) is 3.10. The van der Waals surface area contributed by atoms with Crippen LogP contribution in [0.15, 0.2) is 11.2 Å². The molecule has 0 radical (unpaired) electrons. The summed E-state index contributed by atoms with van der Waals surface area (Å²) in [6, 6.07) is -0.100. The lowest BCUT2D eigenvalue weighted by atomic mass is 10.1. The van der Waals surface area contributed by atoms with Crippen molar-refractivity contribution in [3.05, 3.63) is 16.1 Å². The summed E-state index contributed by atoms with van der Waals surface area (Å²) < 4.78 is 5.35. The maximum absolute atomic E-state index is 12.1. The SMILES string of the molecule is CCNC(=NCC(NC(=O)OC(C)(C)C)C(C)C)NCCc1ncc(C)s1. The second kappa shape index (κ2) is 11.1. The Bertz CT molecular complexity index is 607. The average molecular weight is 398 g/mol. The molecule has 0 fully saturated rings. The van der Waals surface area contributed by atoms with Crippen LogP contribution in [-0.4, -0.2) is 48.3 Å². The number of aromatic nitrogens is 1. The van der Waals surface area contributed by atoms with Crippen LogP contribution in [0.25, 0.3) is 0 Å². The number of thiazole rings is 1. The Morgan fingerprint density at radius 1 is 1.33 bits per heavy atom. The first-order valence-corrected chi connectivity index (χ1v) is 10.4. The summed E-state index contributed by atoms with van der Waals surface area (Å²) in [6.07, 6.45) is 2.34. The summed E-state index contributed by atoms with van der Waals surface area (Å²) in [5.74, 6) is 0.977. The number of nitrogens with one attached hydrogen (secondary N) is 3. The molecule has 0 aliphatic carbocycles. The Hall–Kier alpha value is -1.83. The third-order valence-corrected chi connectivity index (χ3v) is 4.57. The van der Waals surface area contributed by atoms with E-state index in [0.717, 1.165) is 30.5 Å². The number of rotatable bonds is 8. The fraction of sp³-hybridized carbons (Fsp3) is 0.737. The molecule has 1 aromatic heterocycles. The number of nitrogens with zero attached hydrogens (tertiary/aromatic N) is 2. The minimum atomic E-state index is -0.514. The lowest BCUT2D eigenvalue weighted by molar-refractivity contribution is 0.0493. The maximum Gasteiger partial charge on any atom is 0.407 e. The van der Waals surface area contributed by atoms with E-state index < -0.39 is 11.7 Å². The Morgan fingerprint density at radius 2 is 2.04 bits per heavy atom. The second-order valence-electron chi connectivity index (χ2n) is 7.76. The van der Waals surface area contributed by atoms with E-state index in [1.807, 2.05) is 33.9 Å². The molecule has 0 aliphatic heterocycles. The minimum absolute atomic E-state index is 0.100. The van der Waals surface area contributed by atoms with Crippen LogP contribution in [0.1, 0.15) is 51.4 Å². The van der Waals surface area contributed by atoms with Crippen LogP contribution in [0.3, 0.4) is 0 Å². The molecule has 7 nitrogen and oxygen atoms in total. The van der Waals surface area contributed by atoms with E-state index in [0.29, 0.717) is 6.54 Å². The van der Waals surface area contributed by atoms with E-state index in [2.05, 4.69) is 46.7 Å². The van der Waals surface area contributed by atoms with Crippen LogP contribution >= 0.6 is 11.3 Å². The van der Waals surface area contributed by atoms with E-state index in [1.165, 1.54) is 4.88 Å². The lowest BCUT2D eigenvalue weighted by Gasteiger charge is -2.25. The normalized spacial score (nSPS) is 13.4. The van der Waals surface area contributed by atoms with E-state index in [9.17, 15) is 4.79 Å². The van der Waals surface area contributed by atoms with E-state index in [1.54, 1.807) is 11.3 Å². The molecule has 0 saturated heterocycles. The summed E-state index contributed by atoms with van der Waals surface area (Å²) in [5, 5.41) is 10.6. The third kappa shape index (κ3) is 10.2.